The van der Waals surface area contributed by atoms with E-state index in [1.807, 2.05) is 0 Å². The third kappa shape index (κ3) is 3.83. The van der Waals surface area contributed by atoms with Crippen molar-refractivity contribution < 1.29 is 17.9 Å². The molecule has 0 aromatic heterocycles. The summed E-state index contributed by atoms with van der Waals surface area (Å²) in [4.78, 5) is 2.19. The minimum atomic E-state index is -4.22. The van der Waals surface area contributed by atoms with Crippen LogP contribution >= 0.6 is 0 Å². The molecule has 1 saturated heterocycles. The van der Waals surface area contributed by atoms with E-state index in [1.165, 1.54) is 12.8 Å². The summed E-state index contributed by atoms with van der Waals surface area (Å²) in [5, 5.41) is 0. The summed E-state index contributed by atoms with van der Waals surface area (Å²) in [6.45, 7) is 1.46. The average Bonchev–Trinajstić information content (AvgIpc) is 2.68. The van der Waals surface area contributed by atoms with E-state index < -0.39 is 12.8 Å². The Kier molecular flexibility index (Phi) is 4.50. The van der Waals surface area contributed by atoms with Crippen LogP contribution in [0.3, 0.4) is 0 Å². The Bertz CT molecular complexity index is 273. The molecule has 0 bridgehead atoms. The first kappa shape index (κ1) is 14.1. The molecular formula is C12H21F3N2O. The van der Waals surface area contributed by atoms with Crippen LogP contribution in [-0.2, 0) is 4.74 Å². The Morgan fingerprint density at radius 2 is 2.00 bits per heavy atom. The minimum Gasteiger partial charge on any atom is -0.371 e. The number of halogens is 3. The Balaban J connectivity index is 1.66. The van der Waals surface area contributed by atoms with Crippen molar-refractivity contribution in [2.45, 2.75) is 31.5 Å². The Labute approximate surface area is 105 Å². The van der Waals surface area contributed by atoms with Crippen molar-refractivity contribution in [2.75, 3.05) is 32.8 Å². The third-order valence-electron chi connectivity index (χ3n) is 4.05. The van der Waals surface area contributed by atoms with Crippen molar-refractivity contribution in [2.24, 2.45) is 17.6 Å². The van der Waals surface area contributed by atoms with Crippen LogP contribution in [0.1, 0.15) is 19.3 Å². The maximum Gasteiger partial charge on any atom is 0.411 e. The van der Waals surface area contributed by atoms with Gasteiger partial charge in [0.25, 0.3) is 0 Å². The zero-order valence-electron chi connectivity index (χ0n) is 10.5. The molecule has 0 amide bonds. The van der Waals surface area contributed by atoms with Crippen molar-refractivity contribution in [3.8, 4) is 0 Å². The molecule has 1 saturated carbocycles. The Morgan fingerprint density at radius 3 is 2.67 bits per heavy atom. The van der Waals surface area contributed by atoms with Gasteiger partial charge >= 0.3 is 6.18 Å². The minimum absolute atomic E-state index is 0.147. The van der Waals surface area contributed by atoms with Crippen molar-refractivity contribution in [1.82, 2.24) is 4.90 Å². The maximum absolute atomic E-state index is 11.9. The van der Waals surface area contributed by atoms with Gasteiger partial charge in [0.05, 0.1) is 6.61 Å². The largest absolute Gasteiger partial charge is 0.411 e. The molecule has 1 heterocycles. The fourth-order valence-electron chi connectivity index (χ4n) is 3.17. The van der Waals surface area contributed by atoms with E-state index in [2.05, 4.69) is 9.64 Å². The van der Waals surface area contributed by atoms with E-state index in [4.69, 9.17) is 5.73 Å². The van der Waals surface area contributed by atoms with Gasteiger partial charge in [0.1, 0.15) is 6.61 Å². The molecule has 1 aliphatic carbocycles. The van der Waals surface area contributed by atoms with Gasteiger partial charge in [0.15, 0.2) is 0 Å². The second-order valence-electron chi connectivity index (χ2n) is 5.45. The number of likely N-dealkylation sites (tertiary alicyclic amines) is 1. The van der Waals surface area contributed by atoms with Crippen LogP contribution in [0.4, 0.5) is 13.2 Å². The average molecular weight is 266 g/mol. The van der Waals surface area contributed by atoms with Crippen LogP contribution < -0.4 is 5.73 Å². The summed E-state index contributed by atoms with van der Waals surface area (Å²) in [5.74, 6) is 1.16. The van der Waals surface area contributed by atoms with E-state index in [0.717, 1.165) is 19.5 Å². The summed E-state index contributed by atoms with van der Waals surface area (Å²) >= 11 is 0. The maximum atomic E-state index is 11.9. The summed E-state index contributed by atoms with van der Waals surface area (Å²) in [6.07, 6.45) is -0.750. The summed E-state index contributed by atoms with van der Waals surface area (Å²) in [7, 11) is 0. The molecule has 3 atom stereocenters. The normalized spacial score (nSPS) is 33.7. The molecule has 2 aliphatic rings. The van der Waals surface area contributed by atoms with Gasteiger partial charge < -0.3 is 15.4 Å². The molecular weight excluding hydrogens is 245 g/mol. The molecule has 2 N–H and O–H groups in total. The van der Waals surface area contributed by atoms with Crippen molar-refractivity contribution >= 4 is 0 Å². The highest BCUT2D eigenvalue weighted by atomic mass is 19.4. The van der Waals surface area contributed by atoms with Crippen LogP contribution in [0.5, 0.6) is 0 Å². The molecule has 0 aromatic carbocycles. The first-order valence-electron chi connectivity index (χ1n) is 6.58. The number of alkyl halides is 3. The number of nitrogens with two attached hydrogens (primary N) is 1. The van der Waals surface area contributed by atoms with Gasteiger partial charge in [-0.05, 0) is 24.7 Å². The highest BCUT2D eigenvalue weighted by Gasteiger charge is 2.38. The highest BCUT2D eigenvalue weighted by molar-refractivity contribution is 4.92. The number of rotatable bonds is 4. The molecule has 2 fully saturated rings. The molecule has 2 rings (SSSR count). The van der Waals surface area contributed by atoms with Crippen molar-refractivity contribution in [3.05, 3.63) is 0 Å². The molecule has 0 aromatic rings. The molecule has 1 aliphatic heterocycles. The monoisotopic (exact) mass is 266 g/mol. The third-order valence-corrected chi connectivity index (χ3v) is 4.05. The lowest BCUT2D eigenvalue weighted by atomic mass is 9.78. The predicted molar refractivity (Wildman–Crippen MR) is 62.1 cm³/mol. The Hall–Kier alpha value is -0.330. The Morgan fingerprint density at radius 1 is 1.22 bits per heavy atom. The van der Waals surface area contributed by atoms with Crippen molar-refractivity contribution in [1.29, 1.82) is 0 Å². The van der Waals surface area contributed by atoms with Gasteiger partial charge in [-0.1, -0.05) is 6.42 Å². The summed E-state index contributed by atoms with van der Waals surface area (Å²) in [5.41, 5.74) is 6.09. The molecule has 6 heteroatoms. The molecule has 0 spiro atoms. The van der Waals surface area contributed by atoms with Crippen LogP contribution in [0.2, 0.25) is 0 Å². The standard InChI is InChI=1S/C12H21F3N2O/c13-12(14,15)8-18-5-4-17-6-9-2-1-3-11(16)10(9)7-17/h9-11H,1-8,16H2. The second-order valence-corrected chi connectivity index (χ2v) is 5.45. The van der Waals surface area contributed by atoms with E-state index in [9.17, 15) is 13.2 Å². The first-order valence-corrected chi connectivity index (χ1v) is 6.58. The van der Waals surface area contributed by atoms with Gasteiger partial charge in [-0.3, -0.25) is 0 Å². The van der Waals surface area contributed by atoms with E-state index >= 15 is 0 Å². The summed E-state index contributed by atoms with van der Waals surface area (Å²) in [6, 6.07) is 0.268. The molecule has 3 unspecified atom stereocenters. The van der Waals surface area contributed by atoms with Gasteiger partial charge in [0, 0.05) is 25.7 Å². The van der Waals surface area contributed by atoms with Crippen LogP contribution in [0, 0.1) is 11.8 Å². The van der Waals surface area contributed by atoms with Gasteiger partial charge in [-0.25, -0.2) is 0 Å². The fraction of sp³-hybridized carbons (Fsp3) is 1.00. The lowest BCUT2D eigenvalue weighted by molar-refractivity contribution is -0.174. The predicted octanol–water partition coefficient (Wildman–Crippen LogP) is 1.62. The van der Waals surface area contributed by atoms with Gasteiger partial charge in [0.2, 0.25) is 0 Å². The van der Waals surface area contributed by atoms with Gasteiger partial charge in [-0.15, -0.1) is 0 Å². The van der Waals surface area contributed by atoms with Crippen molar-refractivity contribution in [3.63, 3.8) is 0 Å². The van der Waals surface area contributed by atoms with E-state index in [-0.39, 0.29) is 12.6 Å². The lowest BCUT2D eigenvalue weighted by Gasteiger charge is -2.29. The number of ether oxygens (including phenoxy) is 1. The van der Waals surface area contributed by atoms with Gasteiger partial charge in [-0.2, -0.15) is 13.2 Å². The smallest absolute Gasteiger partial charge is 0.371 e. The van der Waals surface area contributed by atoms with Crippen LogP contribution in [-0.4, -0.2) is 50.0 Å². The quantitative estimate of drug-likeness (QED) is 0.786. The number of fused-ring (bicyclic) bond motifs is 1. The number of nitrogens with zero attached hydrogens (tertiary/aromatic N) is 1. The molecule has 18 heavy (non-hydrogen) atoms. The van der Waals surface area contributed by atoms with Crippen LogP contribution in [0.15, 0.2) is 0 Å². The lowest BCUT2D eigenvalue weighted by Crippen LogP contribution is -2.38. The number of hydrogen-bond acceptors (Lipinski definition) is 3. The molecule has 3 nitrogen and oxygen atoms in total. The zero-order valence-corrected chi connectivity index (χ0v) is 10.5. The second kappa shape index (κ2) is 5.75. The highest BCUT2D eigenvalue weighted by Crippen LogP contribution is 2.35. The fourth-order valence-corrected chi connectivity index (χ4v) is 3.17. The zero-order chi connectivity index (χ0) is 13.2. The number of hydrogen-bond donors (Lipinski definition) is 1. The van der Waals surface area contributed by atoms with E-state index in [1.54, 1.807) is 0 Å². The molecule has 0 radical (unpaired) electrons. The van der Waals surface area contributed by atoms with Crippen LogP contribution in [0.25, 0.3) is 0 Å². The first-order chi connectivity index (χ1) is 8.46. The summed E-state index contributed by atoms with van der Waals surface area (Å²) < 4.78 is 40.3. The van der Waals surface area contributed by atoms with E-state index in [0.29, 0.717) is 18.4 Å². The SMILES string of the molecule is NC1CCCC2CN(CCOCC(F)(F)F)CC12. The topological polar surface area (TPSA) is 38.5 Å². The molecule has 106 valence electrons.